The third-order valence-corrected chi connectivity index (χ3v) is 22.2. The summed E-state index contributed by atoms with van der Waals surface area (Å²) in [4.78, 5) is 53.3. The van der Waals surface area contributed by atoms with Crippen molar-refractivity contribution in [1.82, 2.24) is 0 Å². The molecule has 4 saturated carbocycles. The van der Waals surface area contributed by atoms with Crippen LogP contribution in [0.3, 0.4) is 0 Å². The van der Waals surface area contributed by atoms with Crippen molar-refractivity contribution in [2.24, 2.45) is 50.2 Å². The van der Waals surface area contributed by atoms with Gasteiger partial charge < -0.3 is 119 Å². The minimum atomic E-state index is -2.28. The molecule has 0 aromatic heterocycles. The van der Waals surface area contributed by atoms with Crippen molar-refractivity contribution < 1.29 is 133 Å². The number of carboxylic acids is 1. The zero-order valence-corrected chi connectivity index (χ0v) is 50.0. The van der Waals surface area contributed by atoms with Gasteiger partial charge in [0.25, 0.3) is 0 Å². The van der Waals surface area contributed by atoms with Gasteiger partial charge in [0.15, 0.2) is 31.3 Å². The number of allylic oxidation sites excluding steroid dienone is 3. The highest BCUT2D eigenvalue weighted by atomic mass is 16.8. The van der Waals surface area contributed by atoms with E-state index in [-0.39, 0.29) is 25.4 Å². The van der Waals surface area contributed by atoms with Crippen molar-refractivity contribution in [3.05, 3.63) is 23.3 Å². The van der Waals surface area contributed by atoms with Crippen LogP contribution in [-0.4, -0.2) is 252 Å². The average molecular weight is 1230 g/mol. The Labute approximate surface area is 498 Å². The number of rotatable bonds is 15. The molecule has 0 aromatic carbocycles. The fourth-order valence-electron chi connectivity index (χ4n) is 16.9. The molecule has 0 amide bonds. The number of hydrogen-bond donors (Lipinski definition) is 13. The van der Waals surface area contributed by atoms with Crippen LogP contribution in [0.4, 0.5) is 0 Å². The number of carbonyl (C=O) groups excluding carboxylic acids is 3. The largest absolute Gasteiger partial charge is 0.479 e. The lowest BCUT2D eigenvalue weighted by atomic mass is 9.33. The standard InChI is InChI=1S/C59H90O27/c1-10-24(2)49(76)86-47-46(73)59(23-79-25(3)62)27(17-54(47,4)5)26-11-12-32-55(6)15-14-34(56(7,22-61)31(55)13-16-57(32,8)58(26,9)18-33(59)65)81-53-45(85-51-40(71)38(69)37(68)30(19-60)80-51)42(41(72)43(83-53)48(74)75)82-52-44(36(67)29(64)21-78-52)84-50-39(70)35(66)28(63)20-77-50/h10-11,22,27-47,50-53,60,63-73H,12-21,23H2,1-9H3,(H,74,75)/b24-10-/t27?,28-,29+,30-,31?,32?,33-,34+,35+,36+,37+,38+,39-,40-,41+,42+,43+,44-,45-,46+,47+,50+,51-,52+,53-,55+,56+,57-,58-,59+/m1/s1. The molecule has 27 nitrogen and oxygen atoms in total. The number of esters is 2. The fourth-order valence-corrected chi connectivity index (χ4v) is 16.9. The molecule has 13 N–H and O–H groups in total. The Morgan fingerprint density at radius 3 is 1.94 bits per heavy atom. The van der Waals surface area contributed by atoms with Crippen molar-refractivity contribution >= 4 is 24.2 Å². The van der Waals surface area contributed by atoms with E-state index in [4.69, 9.17) is 47.4 Å². The van der Waals surface area contributed by atoms with E-state index in [0.29, 0.717) is 37.7 Å². The first-order valence-corrected chi connectivity index (χ1v) is 29.8. The molecule has 4 aliphatic heterocycles. The Bertz CT molecular complexity index is 2550. The van der Waals surface area contributed by atoms with Crippen LogP contribution >= 0.6 is 0 Å². The number of ether oxygens (including phenoxy) is 10. The zero-order valence-electron chi connectivity index (χ0n) is 50.0. The molecule has 8 fully saturated rings. The predicted octanol–water partition coefficient (Wildman–Crippen LogP) is -2.01. The highest BCUT2D eigenvalue weighted by molar-refractivity contribution is 5.87. The van der Waals surface area contributed by atoms with Crippen molar-refractivity contribution in [3.63, 3.8) is 0 Å². The summed E-state index contributed by atoms with van der Waals surface area (Å²) in [7, 11) is 0. The summed E-state index contributed by atoms with van der Waals surface area (Å²) in [6, 6.07) is 0. The second-order valence-electron chi connectivity index (χ2n) is 27.3. The number of hydrogen-bond acceptors (Lipinski definition) is 26. The van der Waals surface area contributed by atoms with E-state index in [1.54, 1.807) is 26.8 Å². The van der Waals surface area contributed by atoms with E-state index in [2.05, 4.69) is 26.8 Å². The van der Waals surface area contributed by atoms with Crippen LogP contribution in [0, 0.1) is 50.2 Å². The molecule has 3 unspecified atom stereocenters. The second-order valence-corrected chi connectivity index (χ2v) is 27.3. The number of carboxylic acid groups (broad SMARTS) is 1. The fraction of sp³-hybridized carbons (Fsp3) is 0.864. The van der Waals surface area contributed by atoms with Crippen LogP contribution in [0.5, 0.6) is 0 Å². The van der Waals surface area contributed by atoms with Gasteiger partial charge in [-0.05, 0) is 92.8 Å². The van der Waals surface area contributed by atoms with E-state index in [1.165, 1.54) is 6.92 Å². The molecule has 9 rings (SSSR count). The van der Waals surface area contributed by atoms with Crippen molar-refractivity contribution in [1.29, 1.82) is 0 Å². The van der Waals surface area contributed by atoms with E-state index in [0.717, 1.165) is 11.9 Å². The van der Waals surface area contributed by atoms with Gasteiger partial charge >= 0.3 is 17.9 Å². The molecule has 30 atom stereocenters. The first kappa shape index (κ1) is 67.2. The Kier molecular flexibility index (Phi) is 19.3. The van der Waals surface area contributed by atoms with Gasteiger partial charge in [-0.2, -0.15) is 0 Å². The van der Waals surface area contributed by atoms with Crippen molar-refractivity contribution in [2.75, 3.05) is 26.4 Å². The van der Waals surface area contributed by atoms with E-state index >= 15 is 0 Å². The minimum Gasteiger partial charge on any atom is -0.479 e. The molecule has 5 aliphatic carbocycles. The van der Waals surface area contributed by atoms with Gasteiger partial charge in [0.1, 0.15) is 104 Å². The van der Waals surface area contributed by atoms with E-state index in [1.807, 2.05) is 13.8 Å². The second kappa shape index (κ2) is 24.8. The van der Waals surface area contributed by atoms with Gasteiger partial charge in [0.2, 0.25) is 0 Å². The zero-order chi connectivity index (χ0) is 63.3. The maximum atomic E-state index is 14.2. The lowest BCUT2D eigenvalue weighted by Gasteiger charge is -2.72. The predicted molar refractivity (Wildman–Crippen MR) is 289 cm³/mol. The van der Waals surface area contributed by atoms with Gasteiger partial charge in [-0.15, -0.1) is 0 Å². The summed E-state index contributed by atoms with van der Waals surface area (Å²) in [5, 5.41) is 145. The SMILES string of the molecule is C/C=C(/C)C(=O)O[C@H]1[C@H](O)[C@@]2(COC(C)=O)C(CC1(C)C)C1=CCC3[C@@]4(C)CC[C@H](O[C@@H]5O[C@H](C(=O)O)[C@@H](O)[C@H](O[C@@H]6OC[C@H](O)[C@H](O)[C@H]6O[C@@H]6OC[C@@H](O)[C@H](O)[C@H]6O)[C@H]5O[C@H]5O[C@H](CO)[C@H](O)[C@H](O)[C@H]5O)[C@@](C)(C=O)C4CC[C@@]3(C)[C@]1(C)C[C@H]2O. The van der Waals surface area contributed by atoms with Crippen LogP contribution < -0.4 is 0 Å². The number of aldehydes is 1. The third kappa shape index (κ3) is 11.0. The Morgan fingerprint density at radius 1 is 0.686 bits per heavy atom. The third-order valence-electron chi connectivity index (χ3n) is 22.2. The topological polar surface area (TPSA) is 424 Å². The minimum absolute atomic E-state index is 0.112. The van der Waals surface area contributed by atoms with Gasteiger partial charge in [0, 0.05) is 17.9 Å². The molecule has 0 radical (unpaired) electrons. The summed E-state index contributed by atoms with van der Waals surface area (Å²) in [6.45, 7) is 14.1. The number of aliphatic hydroxyl groups is 12. The maximum absolute atomic E-state index is 14.2. The lowest BCUT2D eigenvalue weighted by Crippen LogP contribution is -2.72. The maximum Gasteiger partial charge on any atom is 0.335 e. The molecule has 0 bridgehead atoms. The quantitative estimate of drug-likeness (QED) is 0.0277. The summed E-state index contributed by atoms with van der Waals surface area (Å²) in [6.07, 6.45) is -32.7. The molecular formula is C59H90O27. The number of aliphatic carboxylic acids is 1. The van der Waals surface area contributed by atoms with Gasteiger partial charge in [-0.25, -0.2) is 9.59 Å². The molecule has 488 valence electrons. The highest BCUT2D eigenvalue weighted by Gasteiger charge is 2.74. The first-order valence-electron chi connectivity index (χ1n) is 29.8. The van der Waals surface area contributed by atoms with Gasteiger partial charge in [-0.1, -0.05) is 59.3 Å². The number of aliphatic hydroxyl groups excluding tert-OH is 12. The lowest BCUT2D eigenvalue weighted by molar-refractivity contribution is -0.398. The van der Waals surface area contributed by atoms with Gasteiger partial charge in [-0.3, -0.25) is 4.79 Å². The normalized spacial score (nSPS) is 51.1. The molecular weight excluding hydrogens is 1140 g/mol. The molecule has 0 aromatic rings. The summed E-state index contributed by atoms with van der Waals surface area (Å²) in [5.74, 6) is -4.18. The smallest absolute Gasteiger partial charge is 0.335 e. The van der Waals surface area contributed by atoms with Crippen molar-refractivity contribution in [2.45, 2.75) is 242 Å². The first-order chi connectivity index (χ1) is 40.2. The Morgan fingerprint density at radius 2 is 1.31 bits per heavy atom. The van der Waals surface area contributed by atoms with Gasteiger partial charge in [0.05, 0.1) is 42.9 Å². The van der Waals surface area contributed by atoms with Crippen LogP contribution in [0.25, 0.3) is 0 Å². The van der Waals surface area contributed by atoms with Crippen LogP contribution in [0.15, 0.2) is 23.3 Å². The monoisotopic (exact) mass is 1230 g/mol. The molecule has 9 aliphatic rings. The van der Waals surface area contributed by atoms with E-state index < -0.39 is 217 Å². The Hall–Kier alpha value is -3.24. The Balaban J connectivity index is 1.05. The van der Waals surface area contributed by atoms with Crippen LogP contribution in [0.1, 0.15) is 107 Å². The summed E-state index contributed by atoms with van der Waals surface area (Å²) >= 11 is 0. The van der Waals surface area contributed by atoms with E-state index in [9.17, 15) is 85.6 Å². The van der Waals surface area contributed by atoms with Crippen LogP contribution in [-0.2, 0) is 66.5 Å². The summed E-state index contributed by atoms with van der Waals surface area (Å²) < 4.78 is 60.0. The van der Waals surface area contributed by atoms with Crippen LogP contribution in [0.2, 0.25) is 0 Å². The molecule has 0 spiro atoms. The molecule has 4 saturated heterocycles. The molecule has 86 heavy (non-hydrogen) atoms. The molecule has 4 heterocycles. The summed E-state index contributed by atoms with van der Waals surface area (Å²) in [5.41, 5.74) is -4.42. The molecule has 27 heteroatoms. The highest BCUT2D eigenvalue weighted by Crippen LogP contribution is 2.76. The number of carbonyl (C=O) groups is 4. The van der Waals surface area contributed by atoms with Crippen molar-refractivity contribution in [3.8, 4) is 0 Å². The average Bonchev–Trinajstić information content (AvgIpc) is 0.672. The number of fused-ring (bicyclic) bond motifs is 7.